The molecule has 0 amide bonds. The highest BCUT2D eigenvalue weighted by atomic mass is 15.0. The summed E-state index contributed by atoms with van der Waals surface area (Å²) < 4.78 is 5.01. The molecule has 2 aromatic heterocycles. The molecule has 7 aromatic rings. The molecule has 0 N–H and O–H groups in total. The molecule has 0 bridgehead atoms. The van der Waals surface area contributed by atoms with E-state index in [1.807, 2.05) is 0 Å². The minimum atomic E-state index is 0.991. The Morgan fingerprint density at radius 3 is 1.73 bits per heavy atom. The number of hydrogen-bond donors (Lipinski definition) is 0. The van der Waals surface area contributed by atoms with E-state index in [1.165, 1.54) is 77.6 Å². The maximum absolute atomic E-state index is 2.52. The van der Waals surface area contributed by atoms with Crippen LogP contribution >= 0.6 is 0 Å². The first kappa shape index (κ1) is 25.2. The van der Waals surface area contributed by atoms with Crippen LogP contribution in [0.3, 0.4) is 0 Å². The second-order valence-electron chi connectivity index (χ2n) is 11.9. The summed E-state index contributed by atoms with van der Waals surface area (Å²) in [6.07, 6.45) is 13.6. The molecule has 2 aliphatic rings. The Balaban J connectivity index is 1.32. The zero-order valence-electron chi connectivity index (χ0n) is 24.6. The van der Waals surface area contributed by atoms with Crippen LogP contribution in [0.5, 0.6) is 0 Å². The first-order valence-corrected chi connectivity index (χ1v) is 15.7. The molecule has 0 fully saturated rings. The van der Waals surface area contributed by atoms with Crippen molar-refractivity contribution in [2.45, 2.75) is 25.7 Å². The lowest BCUT2D eigenvalue weighted by Gasteiger charge is -2.23. The summed E-state index contributed by atoms with van der Waals surface area (Å²) in [5.74, 6) is 0. The minimum Gasteiger partial charge on any atom is -0.312 e. The second-order valence-corrected chi connectivity index (χ2v) is 11.9. The van der Waals surface area contributed by atoms with Gasteiger partial charge in [-0.2, -0.15) is 0 Å². The number of hydrogen-bond acceptors (Lipinski definition) is 0. The van der Waals surface area contributed by atoms with E-state index in [4.69, 9.17) is 0 Å². The van der Waals surface area contributed by atoms with E-state index in [0.717, 1.165) is 25.7 Å². The molecular formula is C42H32N2. The van der Waals surface area contributed by atoms with Crippen LogP contribution in [0.25, 0.3) is 66.9 Å². The summed E-state index contributed by atoms with van der Waals surface area (Å²) >= 11 is 0. The van der Waals surface area contributed by atoms with Gasteiger partial charge in [-0.05, 0) is 72.7 Å². The van der Waals surface area contributed by atoms with Crippen LogP contribution in [-0.4, -0.2) is 9.13 Å². The van der Waals surface area contributed by atoms with Crippen molar-refractivity contribution in [3.8, 4) is 16.8 Å². The lowest BCUT2D eigenvalue weighted by atomic mass is 9.89. The largest absolute Gasteiger partial charge is 0.312 e. The van der Waals surface area contributed by atoms with E-state index in [0.29, 0.717) is 0 Å². The van der Waals surface area contributed by atoms with Crippen LogP contribution in [0.1, 0.15) is 36.1 Å². The van der Waals surface area contributed by atoms with Gasteiger partial charge < -0.3 is 9.13 Å². The van der Waals surface area contributed by atoms with Gasteiger partial charge in [-0.3, -0.25) is 0 Å². The molecule has 2 nitrogen and oxygen atoms in total. The summed E-state index contributed by atoms with van der Waals surface area (Å²) in [6, 6.07) is 44.5. The van der Waals surface area contributed by atoms with Gasteiger partial charge in [-0.25, -0.2) is 0 Å². The number of para-hydroxylation sites is 4. The van der Waals surface area contributed by atoms with Crippen molar-refractivity contribution in [3.63, 3.8) is 0 Å². The van der Waals surface area contributed by atoms with Crippen molar-refractivity contribution >= 4 is 50.1 Å². The minimum absolute atomic E-state index is 0.991. The van der Waals surface area contributed by atoms with Crippen LogP contribution in [0.15, 0.2) is 140 Å². The van der Waals surface area contributed by atoms with Crippen molar-refractivity contribution < 1.29 is 0 Å². The van der Waals surface area contributed by atoms with E-state index in [9.17, 15) is 0 Å². The van der Waals surface area contributed by atoms with E-state index in [2.05, 4.69) is 155 Å². The van der Waals surface area contributed by atoms with Gasteiger partial charge in [0, 0.05) is 38.7 Å². The molecule has 0 aliphatic heterocycles. The standard InChI is InChI=1S/C42H32N2/c1-2-16-30(32-18-4-10-24-38(32)44-41-27-13-7-21-35(41)36-22-8-14-28-42(36)44)29(15-1)31-17-3-9-23-37(31)43-39-25-11-5-19-33(39)34-20-6-12-26-40(34)43/h1-7,10-21,24-28H,8-9,22-23H2. The smallest absolute Gasteiger partial charge is 0.0540 e. The van der Waals surface area contributed by atoms with Gasteiger partial charge in [0.1, 0.15) is 0 Å². The number of fused-ring (bicyclic) bond motifs is 6. The lowest BCUT2D eigenvalue weighted by molar-refractivity contribution is 0.968. The highest BCUT2D eigenvalue weighted by molar-refractivity contribution is 6.12. The number of allylic oxidation sites excluding steroid dienone is 5. The summed E-state index contributed by atoms with van der Waals surface area (Å²) in [5, 5.41) is 3.97. The van der Waals surface area contributed by atoms with Crippen molar-refractivity contribution in [3.05, 3.63) is 156 Å². The third kappa shape index (κ3) is 3.74. The SMILES string of the molecule is C1=CC(c2ccccc2-c2ccccc2-n2c3c(c4ccccc42)CCC=C3)=C(n2c3ccccc3c3ccccc32)CC1. The zero-order chi connectivity index (χ0) is 29.0. The van der Waals surface area contributed by atoms with Gasteiger partial charge in [0.25, 0.3) is 0 Å². The number of aryl methyl sites for hydroxylation is 1. The normalized spacial score (nSPS) is 14.6. The first-order chi connectivity index (χ1) is 21.9. The molecule has 5 aromatic carbocycles. The average Bonchev–Trinajstić information content (AvgIpc) is 3.61. The Labute approximate surface area is 257 Å². The molecule has 2 aliphatic carbocycles. The van der Waals surface area contributed by atoms with Gasteiger partial charge in [-0.15, -0.1) is 0 Å². The quantitative estimate of drug-likeness (QED) is 0.201. The molecule has 2 heterocycles. The second kappa shape index (κ2) is 10.1. The lowest BCUT2D eigenvalue weighted by Crippen LogP contribution is -2.05. The van der Waals surface area contributed by atoms with E-state index >= 15 is 0 Å². The summed E-state index contributed by atoms with van der Waals surface area (Å²) in [5.41, 5.74) is 14.2. The van der Waals surface area contributed by atoms with Crippen molar-refractivity contribution in [1.29, 1.82) is 0 Å². The summed E-state index contributed by atoms with van der Waals surface area (Å²) in [6.45, 7) is 0. The maximum Gasteiger partial charge on any atom is 0.0540 e. The predicted molar refractivity (Wildman–Crippen MR) is 187 cm³/mol. The van der Waals surface area contributed by atoms with Crippen LogP contribution in [0, 0.1) is 0 Å². The third-order valence-corrected chi connectivity index (χ3v) is 9.50. The molecule has 9 rings (SSSR count). The van der Waals surface area contributed by atoms with Gasteiger partial charge in [0.2, 0.25) is 0 Å². The molecule has 0 unspecified atom stereocenters. The Kier molecular flexibility index (Phi) is 5.80. The predicted octanol–water partition coefficient (Wildman–Crippen LogP) is 11.1. The molecule has 0 spiro atoms. The van der Waals surface area contributed by atoms with E-state index in [1.54, 1.807) is 0 Å². The number of benzene rings is 5. The molecule has 0 radical (unpaired) electrons. The van der Waals surface area contributed by atoms with Crippen LogP contribution in [-0.2, 0) is 6.42 Å². The third-order valence-electron chi connectivity index (χ3n) is 9.50. The zero-order valence-corrected chi connectivity index (χ0v) is 24.6. The molecule has 0 saturated carbocycles. The molecule has 0 saturated heterocycles. The monoisotopic (exact) mass is 564 g/mol. The molecule has 210 valence electrons. The fourth-order valence-electron chi connectivity index (χ4n) is 7.64. The van der Waals surface area contributed by atoms with Gasteiger partial charge in [-0.1, -0.05) is 115 Å². The first-order valence-electron chi connectivity index (χ1n) is 15.7. The van der Waals surface area contributed by atoms with Gasteiger partial charge in [0.15, 0.2) is 0 Å². The molecule has 0 atom stereocenters. The van der Waals surface area contributed by atoms with Gasteiger partial charge in [0.05, 0.1) is 22.2 Å². The number of rotatable bonds is 4. The van der Waals surface area contributed by atoms with Crippen molar-refractivity contribution in [1.82, 2.24) is 9.13 Å². The topological polar surface area (TPSA) is 9.86 Å². The van der Waals surface area contributed by atoms with Crippen LogP contribution in [0.4, 0.5) is 0 Å². The van der Waals surface area contributed by atoms with E-state index in [-0.39, 0.29) is 0 Å². The maximum atomic E-state index is 2.52. The molecule has 2 heteroatoms. The Bertz CT molecular complexity index is 2280. The van der Waals surface area contributed by atoms with Gasteiger partial charge >= 0.3 is 0 Å². The molecule has 44 heavy (non-hydrogen) atoms. The number of nitrogens with zero attached hydrogens (tertiary/aromatic N) is 2. The highest BCUT2D eigenvalue weighted by Gasteiger charge is 2.23. The summed E-state index contributed by atoms with van der Waals surface area (Å²) in [7, 11) is 0. The number of aromatic nitrogens is 2. The summed E-state index contributed by atoms with van der Waals surface area (Å²) in [4.78, 5) is 0. The van der Waals surface area contributed by atoms with Crippen LogP contribution in [0.2, 0.25) is 0 Å². The van der Waals surface area contributed by atoms with Crippen molar-refractivity contribution in [2.75, 3.05) is 0 Å². The Hall–Kier alpha value is -5.34. The fourth-order valence-corrected chi connectivity index (χ4v) is 7.64. The fraction of sp³-hybridized carbons (Fsp3) is 0.0952. The van der Waals surface area contributed by atoms with E-state index < -0.39 is 0 Å². The van der Waals surface area contributed by atoms with Crippen molar-refractivity contribution in [2.24, 2.45) is 0 Å². The average molecular weight is 565 g/mol. The Morgan fingerprint density at radius 2 is 0.977 bits per heavy atom. The molecular weight excluding hydrogens is 532 g/mol. The van der Waals surface area contributed by atoms with Crippen LogP contribution < -0.4 is 0 Å². The Morgan fingerprint density at radius 1 is 0.432 bits per heavy atom. The highest BCUT2D eigenvalue weighted by Crippen LogP contribution is 2.43.